The summed E-state index contributed by atoms with van der Waals surface area (Å²) in [5.41, 5.74) is 0. The Morgan fingerprint density at radius 1 is 0.509 bits per heavy atom. The van der Waals surface area contributed by atoms with Gasteiger partial charge in [0.25, 0.3) is 0 Å². The quantitative estimate of drug-likeness (QED) is 0.0154. The summed E-state index contributed by atoms with van der Waals surface area (Å²) < 4.78 is 26.3. The van der Waals surface area contributed by atoms with Crippen LogP contribution in [-0.4, -0.2) is 46.8 Å². The van der Waals surface area contributed by atoms with Crippen LogP contribution >= 0.6 is 7.82 Å². The van der Waals surface area contributed by atoms with Crippen molar-refractivity contribution in [2.24, 2.45) is 0 Å². The maximum Gasteiger partial charge on any atom is 0.469 e. The molecule has 0 aliphatic carbocycles. The van der Waals surface area contributed by atoms with E-state index in [0.29, 0.717) is 25.7 Å². The van der Waals surface area contributed by atoms with Gasteiger partial charge in [-0.2, -0.15) is 0 Å². The molecule has 0 amide bonds. The molecule has 2 N–H and O–H groups in total. The summed E-state index contributed by atoms with van der Waals surface area (Å²) in [5, 5.41) is 0. The molecule has 0 aromatic rings. The van der Waals surface area contributed by atoms with Gasteiger partial charge in [0.2, 0.25) is 0 Å². The van der Waals surface area contributed by atoms with E-state index in [9.17, 15) is 18.9 Å². The van der Waals surface area contributed by atoms with E-state index in [1.165, 1.54) is 96.3 Å². The third kappa shape index (κ3) is 44.4. The van der Waals surface area contributed by atoms with E-state index in [-0.39, 0.29) is 25.2 Å². The van der Waals surface area contributed by atoms with Crippen LogP contribution in [0.25, 0.3) is 0 Å². The third-order valence-electron chi connectivity index (χ3n) is 9.49. The fraction of sp³-hybridized carbons (Fsp3) is 0.723. The second-order valence-electron chi connectivity index (χ2n) is 15.1. The molecule has 10 heteroatoms. The topological polar surface area (TPSA) is 136 Å². The smallest absolute Gasteiger partial charge is 0.462 e. The molecule has 0 saturated carbocycles. The molecule has 0 fully saturated rings. The molecule has 0 aliphatic rings. The van der Waals surface area contributed by atoms with Crippen molar-refractivity contribution >= 4 is 25.5 Å². The number of phosphoric ester groups is 1. The van der Waals surface area contributed by atoms with Gasteiger partial charge in [0.15, 0.2) is 11.9 Å². The van der Waals surface area contributed by atoms with Crippen molar-refractivity contribution < 1.29 is 42.7 Å². The number of phosphoric acid groups is 1. The first-order valence-electron chi connectivity index (χ1n) is 22.5. The summed E-state index contributed by atoms with van der Waals surface area (Å²) in [6.07, 6.45) is 49.3. The fourth-order valence-electron chi connectivity index (χ4n) is 6.08. The molecule has 0 aromatic heterocycles. The highest BCUT2D eigenvalue weighted by molar-refractivity contribution is 7.46. The van der Waals surface area contributed by atoms with Crippen molar-refractivity contribution in [3.63, 3.8) is 0 Å². The highest BCUT2D eigenvalue weighted by atomic mass is 31.2. The van der Waals surface area contributed by atoms with Gasteiger partial charge in [-0.1, -0.05) is 171 Å². The zero-order valence-corrected chi connectivity index (χ0v) is 36.9. The standard InChI is InChI=1S/C47H81O9P/c1-3-5-7-8-9-10-11-12-13-14-15-16-17-18-19-20-23-26-29-32-36-40-46(49)54-42-45(43-55-57(51,52)53)56-47(50)41-37-33-30-27-24-21-22-25-28-31-35-39-44(48)38-34-6-4-2/h12-13,21-22,27-28,30-31,35,39,45H,3-11,14-20,23-26,29,32-34,36-38,40-43H2,1-2H3,(H2,51,52,53)/b13-12-,22-21-,30-27-,31-28-,39-35+/t45-/m1/s1. The Kier molecular flexibility index (Phi) is 39.7. The first kappa shape index (κ1) is 54.4. The first-order chi connectivity index (χ1) is 27.7. The van der Waals surface area contributed by atoms with Gasteiger partial charge in [0.1, 0.15) is 6.61 Å². The predicted octanol–water partition coefficient (Wildman–Crippen LogP) is 13.3. The molecular formula is C47H81O9P. The monoisotopic (exact) mass is 821 g/mol. The molecule has 0 radical (unpaired) electrons. The average molecular weight is 821 g/mol. The number of rotatable bonds is 41. The lowest BCUT2D eigenvalue weighted by Gasteiger charge is -2.18. The van der Waals surface area contributed by atoms with Gasteiger partial charge in [-0.25, -0.2) is 4.57 Å². The van der Waals surface area contributed by atoms with Crippen molar-refractivity contribution in [3.05, 3.63) is 60.8 Å². The normalized spacial score (nSPS) is 12.9. The third-order valence-corrected chi connectivity index (χ3v) is 9.97. The molecule has 1 atom stereocenters. The summed E-state index contributed by atoms with van der Waals surface area (Å²) >= 11 is 0. The van der Waals surface area contributed by atoms with Crippen LogP contribution < -0.4 is 0 Å². The molecule has 57 heavy (non-hydrogen) atoms. The van der Waals surface area contributed by atoms with Gasteiger partial charge >= 0.3 is 19.8 Å². The van der Waals surface area contributed by atoms with Crippen LogP contribution in [0.4, 0.5) is 0 Å². The second kappa shape index (κ2) is 41.6. The van der Waals surface area contributed by atoms with Crippen molar-refractivity contribution in [2.45, 2.75) is 206 Å². The van der Waals surface area contributed by atoms with Crippen molar-refractivity contribution in [1.82, 2.24) is 0 Å². The summed E-state index contributed by atoms with van der Waals surface area (Å²) in [4.78, 5) is 54.6. The zero-order chi connectivity index (χ0) is 41.9. The van der Waals surface area contributed by atoms with E-state index < -0.39 is 32.5 Å². The van der Waals surface area contributed by atoms with Crippen LogP contribution in [0.5, 0.6) is 0 Å². The van der Waals surface area contributed by atoms with Gasteiger partial charge in [0.05, 0.1) is 6.61 Å². The van der Waals surface area contributed by atoms with E-state index in [1.54, 1.807) is 12.2 Å². The molecular weight excluding hydrogens is 739 g/mol. The first-order valence-corrected chi connectivity index (χ1v) is 24.1. The number of ether oxygens (including phenoxy) is 2. The van der Waals surface area contributed by atoms with Crippen LogP contribution in [0.15, 0.2) is 60.8 Å². The summed E-state index contributed by atoms with van der Waals surface area (Å²) in [7, 11) is -4.79. The number of carbonyl (C=O) groups is 3. The van der Waals surface area contributed by atoms with Crippen LogP contribution in [0.3, 0.4) is 0 Å². The van der Waals surface area contributed by atoms with Gasteiger partial charge in [-0.05, 0) is 70.3 Å². The second-order valence-corrected chi connectivity index (χ2v) is 16.3. The Bertz CT molecular complexity index is 1170. The van der Waals surface area contributed by atoms with E-state index in [0.717, 1.165) is 51.4 Å². The highest BCUT2D eigenvalue weighted by Crippen LogP contribution is 2.36. The largest absolute Gasteiger partial charge is 0.469 e. The number of allylic oxidation sites excluding steroid dienone is 10. The van der Waals surface area contributed by atoms with Crippen molar-refractivity contribution in [3.8, 4) is 0 Å². The van der Waals surface area contributed by atoms with Gasteiger partial charge in [-0.15, -0.1) is 0 Å². The maximum atomic E-state index is 12.4. The number of ketones is 1. The molecule has 0 spiro atoms. The molecule has 0 unspecified atom stereocenters. The summed E-state index contributed by atoms with van der Waals surface area (Å²) in [5.74, 6) is -0.821. The SMILES string of the molecule is CCCCCCCC/C=C\CCCCCCCCCCCCCC(=O)OC[C@H](COP(=O)(O)O)OC(=O)CCC/C=C\C/C=C\C/C=C\C=C\C(=O)CCCCC. The molecule has 0 aromatic carbocycles. The van der Waals surface area contributed by atoms with Gasteiger partial charge in [-0.3, -0.25) is 18.9 Å². The van der Waals surface area contributed by atoms with Gasteiger partial charge < -0.3 is 19.3 Å². The number of unbranched alkanes of at least 4 members (excludes halogenated alkanes) is 20. The lowest BCUT2D eigenvalue weighted by molar-refractivity contribution is -0.161. The highest BCUT2D eigenvalue weighted by Gasteiger charge is 2.22. The molecule has 9 nitrogen and oxygen atoms in total. The zero-order valence-electron chi connectivity index (χ0n) is 36.0. The molecule has 0 rings (SSSR count). The Hall–Kier alpha value is -2.58. The number of hydrogen-bond acceptors (Lipinski definition) is 7. The van der Waals surface area contributed by atoms with Crippen molar-refractivity contribution in [2.75, 3.05) is 13.2 Å². The van der Waals surface area contributed by atoms with Crippen molar-refractivity contribution in [1.29, 1.82) is 0 Å². The van der Waals surface area contributed by atoms with Gasteiger partial charge in [0, 0.05) is 19.3 Å². The maximum absolute atomic E-state index is 12.4. The summed E-state index contributed by atoms with van der Waals surface area (Å²) in [6.45, 7) is 3.48. The predicted molar refractivity (Wildman–Crippen MR) is 235 cm³/mol. The minimum absolute atomic E-state index is 0.108. The number of esters is 2. The Morgan fingerprint density at radius 2 is 0.965 bits per heavy atom. The number of hydrogen-bond donors (Lipinski definition) is 2. The van der Waals surface area contributed by atoms with E-state index in [1.807, 2.05) is 36.5 Å². The molecule has 328 valence electrons. The van der Waals surface area contributed by atoms with Crippen LogP contribution in [0.2, 0.25) is 0 Å². The minimum Gasteiger partial charge on any atom is -0.462 e. The average Bonchev–Trinajstić information content (AvgIpc) is 3.18. The van der Waals surface area contributed by atoms with Crippen LogP contribution in [0, 0.1) is 0 Å². The molecule has 0 aliphatic heterocycles. The summed E-state index contributed by atoms with van der Waals surface area (Å²) in [6, 6.07) is 0. The van der Waals surface area contributed by atoms with E-state index in [2.05, 4.69) is 30.5 Å². The molecule has 0 bridgehead atoms. The lowest BCUT2D eigenvalue weighted by atomic mass is 10.0. The van der Waals surface area contributed by atoms with E-state index >= 15 is 0 Å². The molecule has 0 saturated heterocycles. The lowest BCUT2D eigenvalue weighted by Crippen LogP contribution is -2.29. The minimum atomic E-state index is -4.79. The van der Waals surface area contributed by atoms with Crippen LogP contribution in [0.1, 0.15) is 200 Å². The Morgan fingerprint density at radius 3 is 1.56 bits per heavy atom. The number of carbonyl (C=O) groups excluding carboxylic acids is 3. The van der Waals surface area contributed by atoms with Crippen LogP contribution in [-0.2, 0) is 32.9 Å². The Labute approximate surface area is 347 Å². The Balaban J connectivity index is 3.99. The fourth-order valence-corrected chi connectivity index (χ4v) is 6.44. The van der Waals surface area contributed by atoms with E-state index in [4.69, 9.17) is 19.3 Å². The molecule has 0 heterocycles.